The largest absolute Gasteiger partial charge is 0.370 e. The second kappa shape index (κ2) is 3.21. The van der Waals surface area contributed by atoms with E-state index in [1.807, 2.05) is 0 Å². The highest BCUT2D eigenvalue weighted by molar-refractivity contribution is 5.00. The van der Waals surface area contributed by atoms with Crippen LogP contribution in [-0.2, 0) is 4.74 Å². The van der Waals surface area contributed by atoms with E-state index in [0.717, 1.165) is 5.92 Å². The Kier molecular flexibility index (Phi) is 2.22. The molecule has 2 fully saturated rings. The monoisotopic (exact) mass is 166 g/mol. The number of fused-ring (bicyclic) bond motifs is 1. The van der Waals surface area contributed by atoms with Gasteiger partial charge in [0.15, 0.2) is 0 Å². The summed E-state index contributed by atoms with van der Waals surface area (Å²) in [6.07, 6.45) is 8.85. The van der Waals surface area contributed by atoms with E-state index in [1.54, 1.807) is 5.57 Å². The quantitative estimate of drug-likeness (QED) is 0.454. The summed E-state index contributed by atoms with van der Waals surface area (Å²) in [4.78, 5) is 0. The van der Waals surface area contributed by atoms with Crippen LogP contribution >= 0.6 is 0 Å². The van der Waals surface area contributed by atoms with Crippen LogP contribution < -0.4 is 0 Å². The minimum atomic E-state index is 0.647. The van der Waals surface area contributed by atoms with Gasteiger partial charge in [-0.1, -0.05) is 11.6 Å². The van der Waals surface area contributed by atoms with Crippen molar-refractivity contribution in [1.29, 1.82) is 0 Å². The Bertz CT molecular complexity index is 195. The van der Waals surface area contributed by atoms with Gasteiger partial charge in [0.1, 0.15) is 0 Å². The molecule has 2 aliphatic rings. The van der Waals surface area contributed by atoms with Gasteiger partial charge in [-0.15, -0.1) is 0 Å². The molecule has 0 aromatic rings. The van der Waals surface area contributed by atoms with E-state index < -0.39 is 0 Å². The maximum absolute atomic E-state index is 5.50. The van der Waals surface area contributed by atoms with Crippen LogP contribution in [0.4, 0.5) is 0 Å². The summed E-state index contributed by atoms with van der Waals surface area (Å²) in [5, 5.41) is 0. The SMILES string of the molecule is CC=C(C)CC1CCC2OC2C1. The summed E-state index contributed by atoms with van der Waals surface area (Å²) in [5.74, 6) is 0.907. The summed E-state index contributed by atoms with van der Waals surface area (Å²) in [6.45, 7) is 4.37. The number of rotatable bonds is 2. The topological polar surface area (TPSA) is 12.5 Å². The Labute approximate surface area is 74.8 Å². The molecule has 0 amide bonds. The number of hydrogen-bond donors (Lipinski definition) is 0. The van der Waals surface area contributed by atoms with Gasteiger partial charge < -0.3 is 4.74 Å². The first-order valence-corrected chi connectivity index (χ1v) is 5.07. The zero-order chi connectivity index (χ0) is 8.55. The molecule has 3 atom stereocenters. The van der Waals surface area contributed by atoms with Crippen molar-refractivity contribution in [2.75, 3.05) is 0 Å². The van der Waals surface area contributed by atoms with Gasteiger partial charge in [0.2, 0.25) is 0 Å². The minimum Gasteiger partial charge on any atom is -0.370 e. The fourth-order valence-electron chi connectivity index (χ4n) is 2.25. The van der Waals surface area contributed by atoms with Crippen LogP contribution in [0.1, 0.15) is 39.5 Å². The van der Waals surface area contributed by atoms with Crippen molar-refractivity contribution >= 4 is 0 Å². The first-order chi connectivity index (χ1) is 5.79. The average Bonchev–Trinajstić information content (AvgIpc) is 2.82. The van der Waals surface area contributed by atoms with E-state index in [4.69, 9.17) is 4.74 Å². The van der Waals surface area contributed by atoms with Crippen LogP contribution in [0, 0.1) is 5.92 Å². The van der Waals surface area contributed by atoms with E-state index in [-0.39, 0.29) is 0 Å². The molecule has 0 spiro atoms. The van der Waals surface area contributed by atoms with Crippen LogP contribution in [0.3, 0.4) is 0 Å². The molecular formula is C11H18O. The highest BCUT2D eigenvalue weighted by Crippen LogP contribution is 2.41. The Morgan fingerprint density at radius 3 is 2.92 bits per heavy atom. The molecule has 1 aliphatic carbocycles. The zero-order valence-electron chi connectivity index (χ0n) is 8.05. The molecule has 68 valence electrons. The molecule has 0 aromatic carbocycles. The lowest BCUT2D eigenvalue weighted by Crippen LogP contribution is -2.13. The molecule has 0 aromatic heterocycles. The predicted molar refractivity (Wildman–Crippen MR) is 50.1 cm³/mol. The Hall–Kier alpha value is -0.300. The molecule has 2 rings (SSSR count). The van der Waals surface area contributed by atoms with E-state index in [0.29, 0.717) is 12.2 Å². The molecule has 1 heterocycles. The fourth-order valence-corrected chi connectivity index (χ4v) is 2.25. The Morgan fingerprint density at radius 2 is 2.25 bits per heavy atom. The van der Waals surface area contributed by atoms with Crippen LogP contribution in [0.25, 0.3) is 0 Å². The number of hydrogen-bond acceptors (Lipinski definition) is 1. The summed E-state index contributed by atoms with van der Waals surface area (Å²) in [5.41, 5.74) is 1.54. The lowest BCUT2D eigenvalue weighted by Gasteiger charge is -2.18. The molecule has 1 saturated carbocycles. The molecule has 12 heavy (non-hydrogen) atoms. The van der Waals surface area contributed by atoms with Crippen molar-refractivity contribution in [3.8, 4) is 0 Å². The van der Waals surface area contributed by atoms with Crippen LogP contribution in [-0.4, -0.2) is 12.2 Å². The lowest BCUT2D eigenvalue weighted by atomic mass is 9.85. The molecule has 1 saturated heterocycles. The second-order valence-electron chi connectivity index (χ2n) is 4.23. The van der Waals surface area contributed by atoms with Gasteiger partial charge in [-0.3, -0.25) is 0 Å². The van der Waals surface area contributed by atoms with Crippen molar-refractivity contribution in [2.24, 2.45) is 5.92 Å². The van der Waals surface area contributed by atoms with Gasteiger partial charge in [0, 0.05) is 0 Å². The zero-order valence-corrected chi connectivity index (χ0v) is 8.05. The third-order valence-corrected chi connectivity index (χ3v) is 3.22. The maximum atomic E-state index is 5.50. The molecule has 1 aliphatic heterocycles. The highest BCUT2D eigenvalue weighted by Gasteiger charge is 2.43. The summed E-state index contributed by atoms with van der Waals surface area (Å²) in [6, 6.07) is 0. The van der Waals surface area contributed by atoms with Gasteiger partial charge in [0.25, 0.3) is 0 Å². The van der Waals surface area contributed by atoms with Gasteiger partial charge in [-0.25, -0.2) is 0 Å². The fraction of sp³-hybridized carbons (Fsp3) is 0.818. The lowest BCUT2D eigenvalue weighted by molar-refractivity contribution is 0.360. The third kappa shape index (κ3) is 1.71. The molecule has 3 unspecified atom stereocenters. The first-order valence-electron chi connectivity index (χ1n) is 5.07. The van der Waals surface area contributed by atoms with Gasteiger partial charge >= 0.3 is 0 Å². The second-order valence-corrected chi connectivity index (χ2v) is 4.23. The first kappa shape index (κ1) is 8.31. The van der Waals surface area contributed by atoms with Crippen LogP contribution in [0.5, 0.6) is 0 Å². The minimum absolute atomic E-state index is 0.647. The Morgan fingerprint density at radius 1 is 1.42 bits per heavy atom. The van der Waals surface area contributed by atoms with Crippen molar-refractivity contribution in [1.82, 2.24) is 0 Å². The molecule has 1 nitrogen and oxygen atoms in total. The number of allylic oxidation sites excluding steroid dienone is 2. The van der Waals surface area contributed by atoms with E-state index in [1.165, 1.54) is 25.7 Å². The Balaban J connectivity index is 1.80. The van der Waals surface area contributed by atoms with Crippen molar-refractivity contribution < 1.29 is 4.74 Å². The van der Waals surface area contributed by atoms with Crippen LogP contribution in [0.2, 0.25) is 0 Å². The standard InChI is InChI=1S/C11H18O/c1-3-8(2)6-9-4-5-10-11(7-9)12-10/h3,9-11H,4-7H2,1-2H3. The highest BCUT2D eigenvalue weighted by atomic mass is 16.6. The summed E-state index contributed by atoms with van der Waals surface area (Å²) >= 11 is 0. The van der Waals surface area contributed by atoms with Gasteiger partial charge in [-0.05, 0) is 45.4 Å². The van der Waals surface area contributed by atoms with Crippen LogP contribution in [0.15, 0.2) is 11.6 Å². The van der Waals surface area contributed by atoms with E-state index in [9.17, 15) is 0 Å². The number of epoxide rings is 1. The summed E-state index contributed by atoms with van der Waals surface area (Å²) < 4.78 is 5.50. The normalized spacial score (nSPS) is 40.8. The van der Waals surface area contributed by atoms with E-state index in [2.05, 4.69) is 19.9 Å². The van der Waals surface area contributed by atoms with E-state index >= 15 is 0 Å². The molecule has 0 bridgehead atoms. The summed E-state index contributed by atoms with van der Waals surface area (Å²) in [7, 11) is 0. The van der Waals surface area contributed by atoms with Gasteiger partial charge in [-0.2, -0.15) is 0 Å². The molecular weight excluding hydrogens is 148 g/mol. The average molecular weight is 166 g/mol. The molecule has 1 heteroatoms. The third-order valence-electron chi connectivity index (χ3n) is 3.22. The van der Waals surface area contributed by atoms with Gasteiger partial charge in [0.05, 0.1) is 12.2 Å². The predicted octanol–water partition coefficient (Wildman–Crippen LogP) is 2.91. The smallest absolute Gasteiger partial charge is 0.0844 e. The van der Waals surface area contributed by atoms with Crippen molar-refractivity contribution in [2.45, 2.75) is 51.7 Å². The van der Waals surface area contributed by atoms with Crippen molar-refractivity contribution in [3.05, 3.63) is 11.6 Å². The molecule has 0 radical (unpaired) electrons. The number of ether oxygens (including phenoxy) is 1. The van der Waals surface area contributed by atoms with Crippen molar-refractivity contribution in [3.63, 3.8) is 0 Å². The maximum Gasteiger partial charge on any atom is 0.0844 e. The molecule has 0 N–H and O–H groups in total.